The van der Waals surface area contributed by atoms with Crippen molar-refractivity contribution in [3.05, 3.63) is 45.3 Å². The molecular weight excluding hydrogens is 280 g/mol. The molecule has 0 saturated heterocycles. The van der Waals surface area contributed by atoms with Crippen LogP contribution in [0.1, 0.15) is 19.4 Å². The summed E-state index contributed by atoms with van der Waals surface area (Å²) in [5.74, 6) is -0.422. The Balaban J connectivity index is 3.03. The van der Waals surface area contributed by atoms with Gasteiger partial charge in [-0.2, -0.15) is 0 Å². The lowest BCUT2D eigenvalue weighted by Crippen LogP contribution is -2.48. The van der Waals surface area contributed by atoms with Crippen LogP contribution in [0, 0.1) is 0 Å². The molecule has 0 fully saturated rings. The van der Waals surface area contributed by atoms with Crippen LogP contribution in [0.25, 0.3) is 10.4 Å². The molecule has 1 aromatic rings. The molecular formula is C13H17ClN4O2. The molecule has 0 radical (unpaired) electrons. The summed E-state index contributed by atoms with van der Waals surface area (Å²) in [6, 6.07) is 7.06. The van der Waals surface area contributed by atoms with Crippen LogP contribution in [-0.2, 0) is 15.1 Å². The lowest BCUT2D eigenvalue weighted by molar-refractivity contribution is -0.151. The molecule has 108 valence electrons. The molecule has 0 bridgehead atoms. The maximum Gasteiger partial charge on any atom is 0.330 e. The highest BCUT2D eigenvalue weighted by molar-refractivity contribution is 6.31. The summed E-state index contributed by atoms with van der Waals surface area (Å²) >= 11 is 6.16. The smallest absolute Gasteiger partial charge is 0.330 e. The third-order valence-corrected chi connectivity index (χ3v) is 3.18. The monoisotopic (exact) mass is 296 g/mol. The number of carbonyl (C=O) groups is 1. The van der Waals surface area contributed by atoms with E-state index < -0.39 is 11.5 Å². The molecule has 1 unspecified atom stereocenters. The van der Waals surface area contributed by atoms with E-state index in [0.717, 1.165) is 0 Å². The second kappa shape index (κ2) is 7.75. The zero-order valence-corrected chi connectivity index (χ0v) is 12.2. The van der Waals surface area contributed by atoms with Crippen molar-refractivity contribution in [3.63, 3.8) is 0 Å². The molecule has 0 spiro atoms. The van der Waals surface area contributed by atoms with Crippen molar-refractivity contribution in [2.24, 2.45) is 5.11 Å². The van der Waals surface area contributed by atoms with E-state index in [1.165, 1.54) is 0 Å². The zero-order valence-electron chi connectivity index (χ0n) is 11.5. The number of hydrogen-bond donors (Lipinski definition) is 1. The summed E-state index contributed by atoms with van der Waals surface area (Å²) in [7, 11) is 0. The van der Waals surface area contributed by atoms with Gasteiger partial charge in [0.05, 0.1) is 6.61 Å². The first-order valence-electron chi connectivity index (χ1n) is 6.24. The van der Waals surface area contributed by atoms with E-state index in [0.29, 0.717) is 17.1 Å². The molecule has 0 amide bonds. The molecule has 0 aromatic heterocycles. The van der Waals surface area contributed by atoms with Gasteiger partial charge in [0.2, 0.25) is 0 Å². The van der Waals surface area contributed by atoms with E-state index in [9.17, 15) is 4.79 Å². The molecule has 1 atom stereocenters. The minimum absolute atomic E-state index is 0.232. The van der Waals surface area contributed by atoms with Crippen LogP contribution < -0.4 is 5.32 Å². The number of rotatable bonds is 7. The Morgan fingerprint density at radius 2 is 2.25 bits per heavy atom. The second-order valence-corrected chi connectivity index (χ2v) is 4.61. The summed E-state index contributed by atoms with van der Waals surface area (Å²) in [6.45, 7) is 4.28. The Bertz CT molecular complexity index is 517. The average molecular weight is 297 g/mol. The number of esters is 1. The molecule has 0 aliphatic rings. The van der Waals surface area contributed by atoms with Gasteiger partial charge in [-0.05, 0) is 25.4 Å². The number of carbonyl (C=O) groups excluding carboxylic acids is 1. The number of benzene rings is 1. The lowest BCUT2D eigenvalue weighted by Gasteiger charge is -2.29. The minimum atomic E-state index is -1.08. The average Bonchev–Trinajstić information content (AvgIpc) is 2.44. The third kappa shape index (κ3) is 3.87. The van der Waals surface area contributed by atoms with Crippen molar-refractivity contribution in [2.75, 3.05) is 19.7 Å². The zero-order chi connectivity index (χ0) is 15.0. The number of azide groups is 1. The van der Waals surface area contributed by atoms with Crippen LogP contribution in [0.5, 0.6) is 0 Å². The highest BCUT2D eigenvalue weighted by Gasteiger charge is 2.37. The van der Waals surface area contributed by atoms with Gasteiger partial charge in [0.1, 0.15) is 5.54 Å². The fourth-order valence-corrected chi connectivity index (χ4v) is 2.14. The molecule has 1 aromatic carbocycles. The second-order valence-electron chi connectivity index (χ2n) is 4.21. The van der Waals surface area contributed by atoms with Crippen molar-refractivity contribution >= 4 is 17.6 Å². The van der Waals surface area contributed by atoms with Crippen molar-refractivity contribution in [1.82, 2.24) is 5.32 Å². The Hall–Kier alpha value is -1.75. The van der Waals surface area contributed by atoms with E-state index in [1.54, 1.807) is 38.1 Å². The summed E-state index contributed by atoms with van der Waals surface area (Å²) in [6.07, 6.45) is 0. The summed E-state index contributed by atoms with van der Waals surface area (Å²) in [5.41, 5.74) is 7.81. The number of ether oxygens (including phenoxy) is 1. The van der Waals surface area contributed by atoms with Gasteiger partial charge in [-0.15, -0.1) is 0 Å². The maximum absolute atomic E-state index is 12.2. The highest BCUT2D eigenvalue weighted by atomic mass is 35.5. The molecule has 0 aliphatic heterocycles. The van der Waals surface area contributed by atoms with Crippen LogP contribution in [0.3, 0.4) is 0 Å². The van der Waals surface area contributed by atoms with E-state index in [2.05, 4.69) is 15.3 Å². The van der Waals surface area contributed by atoms with Gasteiger partial charge in [-0.1, -0.05) is 34.9 Å². The van der Waals surface area contributed by atoms with Gasteiger partial charge in [0.15, 0.2) is 0 Å². The summed E-state index contributed by atoms with van der Waals surface area (Å²) in [4.78, 5) is 14.9. The van der Waals surface area contributed by atoms with Crippen molar-refractivity contribution < 1.29 is 9.53 Å². The molecule has 0 heterocycles. The van der Waals surface area contributed by atoms with Gasteiger partial charge < -0.3 is 4.74 Å². The SMILES string of the molecule is CCOC(=O)C(C)(NCCN=[N+]=[N-])c1ccccc1Cl. The van der Waals surface area contributed by atoms with Crippen molar-refractivity contribution in [3.8, 4) is 0 Å². The number of halogens is 1. The topological polar surface area (TPSA) is 87.1 Å². The Labute approximate surface area is 122 Å². The predicted octanol–water partition coefficient (Wildman–Crippen LogP) is 3.02. The first-order chi connectivity index (χ1) is 9.56. The minimum Gasteiger partial charge on any atom is -0.464 e. The summed E-state index contributed by atoms with van der Waals surface area (Å²) in [5, 5.41) is 6.95. The normalized spacial score (nSPS) is 13.2. The molecule has 1 N–H and O–H groups in total. The third-order valence-electron chi connectivity index (χ3n) is 2.85. The molecule has 1 rings (SSSR count). The van der Waals surface area contributed by atoms with E-state index in [1.807, 2.05) is 0 Å². The van der Waals surface area contributed by atoms with Gasteiger partial charge in [0.25, 0.3) is 0 Å². The Kier molecular flexibility index (Phi) is 6.31. The van der Waals surface area contributed by atoms with E-state index in [4.69, 9.17) is 21.9 Å². The van der Waals surface area contributed by atoms with E-state index in [-0.39, 0.29) is 13.2 Å². The van der Waals surface area contributed by atoms with Gasteiger partial charge in [0, 0.05) is 28.6 Å². The van der Waals surface area contributed by atoms with Crippen molar-refractivity contribution in [2.45, 2.75) is 19.4 Å². The van der Waals surface area contributed by atoms with Crippen LogP contribution in [0.2, 0.25) is 5.02 Å². The molecule has 0 aliphatic carbocycles. The highest BCUT2D eigenvalue weighted by Crippen LogP contribution is 2.29. The van der Waals surface area contributed by atoms with E-state index >= 15 is 0 Å². The van der Waals surface area contributed by atoms with Crippen molar-refractivity contribution in [1.29, 1.82) is 0 Å². The fraction of sp³-hybridized carbons (Fsp3) is 0.462. The molecule has 6 nitrogen and oxygen atoms in total. The Morgan fingerprint density at radius 3 is 2.85 bits per heavy atom. The van der Waals surface area contributed by atoms with Crippen LogP contribution in [0.15, 0.2) is 29.4 Å². The first-order valence-corrected chi connectivity index (χ1v) is 6.62. The molecule has 7 heteroatoms. The van der Waals surface area contributed by atoms with Gasteiger partial charge in [-0.3, -0.25) is 5.32 Å². The standard InChI is InChI=1S/C13H17ClN4O2/c1-3-20-12(19)13(2,16-8-9-17-18-15)10-6-4-5-7-11(10)14/h4-7,16H,3,8-9H2,1-2H3. The Morgan fingerprint density at radius 1 is 1.55 bits per heavy atom. The quantitative estimate of drug-likeness (QED) is 0.276. The predicted molar refractivity (Wildman–Crippen MR) is 77.5 cm³/mol. The van der Waals surface area contributed by atoms with Gasteiger partial charge in [-0.25, -0.2) is 4.79 Å². The maximum atomic E-state index is 12.2. The number of nitrogens with one attached hydrogen (secondary N) is 1. The van der Waals surface area contributed by atoms with Gasteiger partial charge >= 0.3 is 5.97 Å². The first kappa shape index (κ1) is 16.3. The lowest BCUT2D eigenvalue weighted by atomic mass is 9.92. The summed E-state index contributed by atoms with van der Waals surface area (Å²) < 4.78 is 5.11. The molecule has 20 heavy (non-hydrogen) atoms. The number of nitrogens with zero attached hydrogens (tertiary/aromatic N) is 3. The number of hydrogen-bond acceptors (Lipinski definition) is 4. The fourth-order valence-electron chi connectivity index (χ4n) is 1.82. The van der Waals surface area contributed by atoms with Crippen LogP contribution in [0.4, 0.5) is 0 Å². The van der Waals surface area contributed by atoms with Crippen LogP contribution >= 0.6 is 11.6 Å². The largest absolute Gasteiger partial charge is 0.464 e. The molecule has 0 saturated carbocycles. The van der Waals surface area contributed by atoms with Crippen LogP contribution in [-0.4, -0.2) is 25.7 Å².